The fraction of sp³-hybridized carbons (Fsp3) is 0.400. The normalized spacial score (nSPS) is 14.7. The minimum Gasteiger partial charge on any atom is -0.378 e. The third-order valence-electron chi connectivity index (χ3n) is 4.36. The summed E-state index contributed by atoms with van der Waals surface area (Å²) in [6, 6.07) is 8.13. The van der Waals surface area contributed by atoms with E-state index in [0.717, 1.165) is 41.3 Å². The SMILES string of the molecule is Cc1ccc(C)c(NC(=S)/N=C(/Nc2nc(C)cc(C)n2)N2CCOCC2)c1. The second-order valence-corrected chi connectivity index (χ2v) is 7.27. The predicted octanol–water partition coefficient (Wildman–Crippen LogP) is 3.21. The lowest BCUT2D eigenvalue weighted by atomic mass is 10.1. The number of nitrogens with zero attached hydrogens (tertiary/aromatic N) is 4. The van der Waals surface area contributed by atoms with E-state index in [-0.39, 0.29) is 0 Å². The molecule has 1 fully saturated rings. The zero-order valence-corrected chi connectivity index (χ0v) is 17.6. The monoisotopic (exact) mass is 398 g/mol. The number of hydrogen-bond donors (Lipinski definition) is 2. The highest BCUT2D eigenvalue weighted by Gasteiger charge is 2.17. The molecule has 2 heterocycles. The van der Waals surface area contributed by atoms with Gasteiger partial charge < -0.3 is 15.0 Å². The number of rotatable bonds is 2. The number of morpholine rings is 1. The molecule has 1 aromatic carbocycles. The van der Waals surface area contributed by atoms with Crippen molar-refractivity contribution in [1.82, 2.24) is 14.9 Å². The summed E-state index contributed by atoms with van der Waals surface area (Å²) in [5, 5.41) is 6.86. The Morgan fingerprint density at radius 1 is 1.04 bits per heavy atom. The summed E-state index contributed by atoms with van der Waals surface area (Å²) in [6.45, 7) is 10.7. The minimum absolute atomic E-state index is 0.382. The largest absolute Gasteiger partial charge is 0.378 e. The van der Waals surface area contributed by atoms with Crippen molar-refractivity contribution in [2.45, 2.75) is 27.7 Å². The number of hydrogen-bond acceptors (Lipinski definition) is 4. The maximum atomic E-state index is 5.51. The summed E-state index contributed by atoms with van der Waals surface area (Å²) in [5.74, 6) is 1.13. The molecule has 0 atom stereocenters. The Balaban J connectivity index is 1.84. The van der Waals surface area contributed by atoms with Gasteiger partial charge in [0.2, 0.25) is 17.0 Å². The Morgan fingerprint density at radius 2 is 1.71 bits per heavy atom. The van der Waals surface area contributed by atoms with Crippen LogP contribution in [0.3, 0.4) is 0 Å². The highest BCUT2D eigenvalue weighted by atomic mass is 32.1. The molecule has 1 aliphatic rings. The topological polar surface area (TPSA) is 74.7 Å². The Hall–Kier alpha value is -2.58. The molecule has 0 unspecified atom stereocenters. The average Bonchev–Trinajstić information content (AvgIpc) is 2.64. The molecule has 0 spiro atoms. The number of nitrogens with one attached hydrogen (secondary N) is 2. The van der Waals surface area contributed by atoms with Gasteiger partial charge in [-0.3, -0.25) is 5.32 Å². The number of guanidine groups is 1. The Labute approximate surface area is 171 Å². The van der Waals surface area contributed by atoms with Gasteiger partial charge in [-0.2, -0.15) is 4.99 Å². The van der Waals surface area contributed by atoms with Gasteiger partial charge in [0, 0.05) is 30.2 Å². The quantitative estimate of drug-likeness (QED) is 0.457. The van der Waals surface area contributed by atoms with E-state index in [2.05, 4.69) is 55.6 Å². The summed E-state index contributed by atoms with van der Waals surface area (Å²) in [4.78, 5) is 15.7. The van der Waals surface area contributed by atoms with E-state index in [1.54, 1.807) is 0 Å². The minimum atomic E-state index is 0.382. The first-order valence-corrected chi connectivity index (χ1v) is 9.70. The van der Waals surface area contributed by atoms with Gasteiger partial charge in [-0.1, -0.05) is 12.1 Å². The second kappa shape index (κ2) is 9.07. The fourth-order valence-corrected chi connectivity index (χ4v) is 3.14. The molecular formula is C20H26N6OS. The van der Waals surface area contributed by atoms with E-state index in [9.17, 15) is 0 Å². The molecule has 8 heteroatoms. The van der Waals surface area contributed by atoms with Crippen molar-refractivity contribution in [2.24, 2.45) is 4.99 Å². The van der Waals surface area contributed by atoms with Gasteiger partial charge >= 0.3 is 0 Å². The van der Waals surface area contributed by atoms with E-state index >= 15 is 0 Å². The number of aliphatic imine (C=N–C) groups is 1. The maximum Gasteiger partial charge on any atom is 0.229 e. The number of aryl methyl sites for hydroxylation is 4. The van der Waals surface area contributed by atoms with Crippen molar-refractivity contribution in [3.05, 3.63) is 46.8 Å². The number of anilines is 2. The van der Waals surface area contributed by atoms with Crippen LogP contribution in [-0.2, 0) is 4.74 Å². The van der Waals surface area contributed by atoms with Crippen LogP contribution in [0.5, 0.6) is 0 Å². The van der Waals surface area contributed by atoms with Gasteiger partial charge in [-0.25, -0.2) is 9.97 Å². The maximum absolute atomic E-state index is 5.51. The van der Waals surface area contributed by atoms with Crippen molar-refractivity contribution in [3.63, 3.8) is 0 Å². The lowest BCUT2D eigenvalue weighted by molar-refractivity contribution is 0.0680. The van der Waals surface area contributed by atoms with Crippen LogP contribution >= 0.6 is 12.2 Å². The van der Waals surface area contributed by atoms with Gasteiger partial charge in [0.25, 0.3) is 0 Å². The number of thiocarbonyl (C=S) groups is 1. The van der Waals surface area contributed by atoms with Crippen LogP contribution < -0.4 is 10.6 Å². The first-order valence-electron chi connectivity index (χ1n) is 9.29. The van der Waals surface area contributed by atoms with Crippen molar-refractivity contribution in [1.29, 1.82) is 0 Å². The predicted molar refractivity (Wildman–Crippen MR) is 117 cm³/mol. The number of benzene rings is 1. The van der Waals surface area contributed by atoms with E-state index < -0.39 is 0 Å². The molecule has 0 saturated carbocycles. The molecule has 0 aliphatic carbocycles. The molecule has 1 aliphatic heterocycles. The van der Waals surface area contributed by atoms with Crippen molar-refractivity contribution < 1.29 is 4.74 Å². The molecule has 0 radical (unpaired) electrons. The van der Waals surface area contributed by atoms with Gasteiger partial charge in [0.05, 0.1) is 13.2 Å². The zero-order valence-electron chi connectivity index (χ0n) is 16.7. The third kappa shape index (κ3) is 5.46. The van der Waals surface area contributed by atoms with Crippen LogP contribution in [0.25, 0.3) is 0 Å². The van der Waals surface area contributed by atoms with Crippen LogP contribution in [-0.4, -0.2) is 52.2 Å². The molecule has 0 bridgehead atoms. The molecule has 28 heavy (non-hydrogen) atoms. The van der Waals surface area contributed by atoms with E-state index in [0.29, 0.717) is 30.2 Å². The number of aromatic nitrogens is 2. The molecule has 0 amide bonds. The zero-order chi connectivity index (χ0) is 20.1. The molecule has 1 saturated heterocycles. The first-order chi connectivity index (χ1) is 13.4. The molecule has 3 rings (SSSR count). The fourth-order valence-electron chi connectivity index (χ4n) is 2.94. The Bertz CT molecular complexity index is 872. The second-order valence-electron chi connectivity index (χ2n) is 6.88. The smallest absolute Gasteiger partial charge is 0.229 e. The number of ether oxygens (including phenoxy) is 1. The Kier molecular flexibility index (Phi) is 6.53. The van der Waals surface area contributed by atoms with Crippen LogP contribution in [0.4, 0.5) is 11.6 Å². The molecule has 1 aromatic heterocycles. The van der Waals surface area contributed by atoms with Crippen molar-refractivity contribution in [2.75, 3.05) is 36.9 Å². The van der Waals surface area contributed by atoms with Crippen LogP contribution in [0.15, 0.2) is 29.3 Å². The average molecular weight is 399 g/mol. The summed E-state index contributed by atoms with van der Waals surface area (Å²) in [5.41, 5.74) is 5.02. The van der Waals surface area contributed by atoms with Crippen LogP contribution in [0.1, 0.15) is 22.5 Å². The van der Waals surface area contributed by atoms with E-state index in [4.69, 9.17) is 17.0 Å². The van der Waals surface area contributed by atoms with E-state index in [1.807, 2.05) is 26.8 Å². The molecular weight excluding hydrogens is 372 g/mol. The van der Waals surface area contributed by atoms with Gasteiger partial charge in [0.1, 0.15) is 0 Å². The van der Waals surface area contributed by atoms with Crippen molar-refractivity contribution >= 4 is 34.9 Å². The molecule has 7 nitrogen and oxygen atoms in total. The van der Waals surface area contributed by atoms with Gasteiger partial charge in [-0.15, -0.1) is 0 Å². The summed E-state index contributed by atoms with van der Waals surface area (Å²) in [6.07, 6.45) is 0. The molecule has 148 valence electrons. The Morgan fingerprint density at radius 3 is 2.39 bits per heavy atom. The van der Waals surface area contributed by atoms with Crippen LogP contribution in [0, 0.1) is 27.7 Å². The third-order valence-corrected chi connectivity index (χ3v) is 4.55. The summed E-state index contributed by atoms with van der Waals surface area (Å²) >= 11 is 5.51. The van der Waals surface area contributed by atoms with Gasteiger partial charge in [0.15, 0.2) is 0 Å². The highest BCUT2D eigenvalue weighted by molar-refractivity contribution is 7.80. The van der Waals surface area contributed by atoms with Crippen LogP contribution in [0.2, 0.25) is 0 Å². The molecule has 2 N–H and O–H groups in total. The standard InChI is InChI=1S/C20H26N6OS/c1-13-5-6-14(2)17(11-13)23-20(28)25-19(26-7-9-27-10-8-26)24-18-21-15(3)12-16(4)22-18/h5-6,11-12H,7-10H2,1-4H3,(H2,21,22,23,24,25,28). The lowest BCUT2D eigenvalue weighted by Gasteiger charge is -2.29. The van der Waals surface area contributed by atoms with Crippen molar-refractivity contribution in [3.8, 4) is 0 Å². The highest BCUT2D eigenvalue weighted by Crippen LogP contribution is 2.17. The summed E-state index contributed by atoms with van der Waals surface area (Å²) in [7, 11) is 0. The molecule has 2 aromatic rings. The summed E-state index contributed by atoms with van der Waals surface area (Å²) < 4.78 is 5.46. The first kappa shape index (κ1) is 20.2. The van der Waals surface area contributed by atoms with E-state index in [1.165, 1.54) is 0 Å². The van der Waals surface area contributed by atoms with Gasteiger partial charge in [-0.05, 0) is 63.2 Å². The lowest BCUT2D eigenvalue weighted by Crippen LogP contribution is -2.45.